The maximum atomic E-state index is 12.2. The van der Waals surface area contributed by atoms with Crippen LogP contribution in [0.15, 0.2) is 17.0 Å². The normalized spacial score (nSPS) is 11.5. The highest BCUT2D eigenvalue weighted by atomic mass is 32.3. The Kier molecular flexibility index (Phi) is 21.1. The molecule has 1 aromatic rings. The van der Waals surface area contributed by atoms with E-state index in [2.05, 4.69) is 26.4 Å². The van der Waals surface area contributed by atoms with Crippen LogP contribution in [0.1, 0.15) is 102 Å². The molecule has 0 aliphatic carbocycles. The fourth-order valence-electron chi connectivity index (χ4n) is 3.53. The number of aldehydes is 1. The topological polar surface area (TPSA) is 93.1 Å². The van der Waals surface area contributed by atoms with Gasteiger partial charge in [-0.2, -0.15) is 0 Å². The lowest BCUT2D eigenvalue weighted by Gasteiger charge is -2.30. The zero-order valence-electron chi connectivity index (χ0n) is 23.2. The van der Waals surface area contributed by atoms with E-state index in [0.717, 1.165) is 44.5 Å². The smallest absolute Gasteiger partial charge is 0.311 e. The van der Waals surface area contributed by atoms with Gasteiger partial charge in [-0.1, -0.05) is 51.9 Å². The van der Waals surface area contributed by atoms with Crippen LogP contribution < -0.4 is 4.74 Å². The van der Waals surface area contributed by atoms with Gasteiger partial charge in [0.15, 0.2) is 6.29 Å². The third-order valence-corrected chi connectivity index (χ3v) is 8.66. The molecule has 1 aromatic carbocycles. The minimum absolute atomic E-state index is 0.0369. The molecule has 8 heteroatoms. The Morgan fingerprint density at radius 1 is 0.972 bits per heavy atom. The lowest BCUT2D eigenvalue weighted by atomic mass is 10.1. The van der Waals surface area contributed by atoms with Crippen LogP contribution in [0.4, 0.5) is 0 Å². The molecular weight excluding hydrogens is 496 g/mol. The number of esters is 1. The predicted octanol–water partition coefficient (Wildman–Crippen LogP) is 7.53. The summed E-state index contributed by atoms with van der Waals surface area (Å²) in [6.45, 7) is 6.90. The van der Waals surface area contributed by atoms with Crippen LogP contribution in [-0.4, -0.2) is 59.7 Å². The molecular formula is C28H50O6S2. The molecule has 0 aliphatic rings. The number of unbranched alkanes of at least 4 members (excludes halogenated alkanes) is 8. The van der Waals surface area contributed by atoms with Crippen molar-refractivity contribution in [2.24, 2.45) is 0 Å². The van der Waals surface area contributed by atoms with E-state index in [4.69, 9.17) is 14.0 Å². The first-order valence-electron chi connectivity index (χ1n) is 13.4. The van der Waals surface area contributed by atoms with Crippen LogP contribution in [-0.2, 0) is 8.98 Å². The molecule has 0 aliphatic heterocycles. The van der Waals surface area contributed by atoms with Crippen LogP contribution >= 0.6 is 22.1 Å². The van der Waals surface area contributed by atoms with Crippen LogP contribution in [0.3, 0.4) is 0 Å². The minimum Gasteiger partial charge on any atom is -0.506 e. The molecule has 0 saturated heterocycles. The molecule has 6 nitrogen and oxygen atoms in total. The lowest BCUT2D eigenvalue weighted by Crippen LogP contribution is -2.08. The fraction of sp³-hybridized carbons (Fsp3) is 0.714. The summed E-state index contributed by atoms with van der Waals surface area (Å²) in [5.41, 5.74) is 0.155. The first kappa shape index (κ1) is 34.8. The van der Waals surface area contributed by atoms with E-state index in [1.165, 1.54) is 55.7 Å². The van der Waals surface area contributed by atoms with Gasteiger partial charge in [0.1, 0.15) is 11.5 Å². The molecule has 0 bridgehead atoms. The second-order valence-electron chi connectivity index (χ2n) is 9.10. The van der Waals surface area contributed by atoms with E-state index in [9.17, 15) is 14.7 Å². The number of aromatic hydroxyl groups is 1. The van der Waals surface area contributed by atoms with Gasteiger partial charge in [-0.25, -0.2) is 0 Å². The van der Waals surface area contributed by atoms with E-state index >= 15 is 0 Å². The van der Waals surface area contributed by atoms with Crippen LogP contribution in [0.2, 0.25) is 0 Å². The summed E-state index contributed by atoms with van der Waals surface area (Å²) >= 11 is 1.47. The van der Waals surface area contributed by atoms with Gasteiger partial charge in [0.05, 0.1) is 17.1 Å². The second kappa shape index (κ2) is 21.8. The number of thioether (sulfide) groups is 1. The first-order valence-corrected chi connectivity index (χ1v) is 16.9. The number of rotatable bonds is 19. The number of benzene rings is 1. The first-order chi connectivity index (χ1) is 17.2. The zero-order chi connectivity index (χ0) is 27.2. The van der Waals surface area contributed by atoms with Crippen molar-refractivity contribution < 1.29 is 28.7 Å². The van der Waals surface area contributed by atoms with Crippen molar-refractivity contribution in [2.45, 2.75) is 96.3 Å². The molecule has 0 fully saturated rings. The Bertz CT molecular complexity index is 724. The summed E-state index contributed by atoms with van der Waals surface area (Å²) in [6, 6.07) is 3.08. The number of phenols is 1. The van der Waals surface area contributed by atoms with Gasteiger partial charge in [-0.3, -0.25) is 9.59 Å². The van der Waals surface area contributed by atoms with E-state index in [0.29, 0.717) is 23.4 Å². The van der Waals surface area contributed by atoms with Gasteiger partial charge in [0.2, 0.25) is 0 Å². The minimum atomic E-state index is -0.856. The molecule has 0 atom stereocenters. The molecule has 0 spiro atoms. The SMILES string of the molecule is CCCCSc1cc(OC(=O)CCCCCCCCCCS(C)(C)OCC)cc(C=O)c1O.CCO. The van der Waals surface area contributed by atoms with Gasteiger partial charge in [-0.15, -0.1) is 22.1 Å². The number of carbonyl (C=O) groups is 2. The Morgan fingerprint density at radius 2 is 1.56 bits per heavy atom. The fourth-order valence-corrected chi connectivity index (χ4v) is 6.29. The molecule has 0 saturated carbocycles. The number of hydrogen-bond acceptors (Lipinski definition) is 7. The summed E-state index contributed by atoms with van der Waals surface area (Å²) in [5.74, 6) is 2.03. The molecule has 0 amide bonds. The van der Waals surface area contributed by atoms with Gasteiger partial charge in [-0.05, 0) is 69.3 Å². The molecule has 0 unspecified atom stereocenters. The summed E-state index contributed by atoms with van der Waals surface area (Å²) in [4.78, 5) is 24.1. The van der Waals surface area contributed by atoms with Crippen molar-refractivity contribution in [3.63, 3.8) is 0 Å². The van der Waals surface area contributed by atoms with E-state index in [1.807, 2.05) is 0 Å². The summed E-state index contributed by atoms with van der Waals surface area (Å²) in [6.07, 6.45) is 16.7. The van der Waals surface area contributed by atoms with E-state index in [-0.39, 0.29) is 23.9 Å². The Balaban J connectivity index is 0.00000387. The second-order valence-corrected chi connectivity index (χ2v) is 13.7. The number of aliphatic hydroxyl groups excluding tert-OH is 1. The third-order valence-electron chi connectivity index (χ3n) is 5.40. The van der Waals surface area contributed by atoms with Gasteiger partial charge in [0, 0.05) is 13.0 Å². The lowest BCUT2D eigenvalue weighted by molar-refractivity contribution is -0.134. The number of ether oxygens (including phenoxy) is 1. The quantitative estimate of drug-likeness (QED) is 0.0609. The average Bonchev–Trinajstić information content (AvgIpc) is 2.82. The Morgan fingerprint density at radius 3 is 2.11 bits per heavy atom. The molecule has 1 rings (SSSR count). The highest BCUT2D eigenvalue weighted by Crippen LogP contribution is 2.41. The predicted molar refractivity (Wildman–Crippen MR) is 155 cm³/mol. The molecule has 36 heavy (non-hydrogen) atoms. The number of carbonyl (C=O) groups excluding carboxylic acids is 2. The number of aliphatic hydroxyl groups is 1. The van der Waals surface area contributed by atoms with Crippen LogP contribution in [0, 0.1) is 0 Å². The summed E-state index contributed by atoms with van der Waals surface area (Å²) < 4.78 is 11.3. The van der Waals surface area contributed by atoms with Crippen molar-refractivity contribution in [3.05, 3.63) is 17.7 Å². The largest absolute Gasteiger partial charge is 0.506 e. The van der Waals surface area contributed by atoms with Crippen LogP contribution in [0.25, 0.3) is 0 Å². The Hall–Kier alpha value is -1.22. The van der Waals surface area contributed by atoms with Gasteiger partial charge in [0.25, 0.3) is 0 Å². The standard InChI is InChI=1S/C26H44O5S2.C2H6O/c1-5-7-17-32-24-20-23(19-22(21-27)26(24)29)31-25(28)16-14-12-10-8-9-11-13-15-18-33(3,4)30-6-2;1-2-3/h19-21,29H,5-18H2,1-4H3;3H,2H2,1H3. The summed E-state index contributed by atoms with van der Waals surface area (Å²) in [5, 5.41) is 17.8. The highest BCUT2D eigenvalue weighted by Gasteiger charge is 2.14. The molecule has 0 radical (unpaired) electrons. The average molecular weight is 547 g/mol. The maximum Gasteiger partial charge on any atom is 0.311 e. The number of phenolic OH excluding ortho intramolecular Hbond substituents is 1. The molecule has 210 valence electrons. The number of hydrogen-bond donors (Lipinski definition) is 2. The van der Waals surface area contributed by atoms with E-state index < -0.39 is 10.3 Å². The van der Waals surface area contributed by atoms with Crippen molar-refractivity contribution in [1.29, 1.82) is 0 Å². The van der Waals surface area contributed by atoms with Crippen molar-refractivity contribution in [2.75, 3.05) is 37.2 Å². The van der Waals surface area contributed by atoms with Crippen LogP contribution in [0.5, 0.6) is 11.5 Å². The van der Waals surface area contributed by atoms with Gasteiger partial charge >= 0.3 is 5.97 Å². The Labute approximate surface area is 225 Å². The zero-order valence-corrected chi connectivity index (χ0v) is 24.8. The molecule has 0 heterocycles. The van der Waals surface area contributed by atoms with E-state index in [1.54, 1.807) is 13.0 Å². The van der Waals surface area contributed by atoms with Crippen molar-refractivity contribution in [1.82, 2.24) is 0 Å². The van der Waals surface area contributed by atoms with Crippen molar-refractivity contribution in [3.8, 4) is 11.5 Å². The third kappa shape index (κ3) is 17.3. The summed E-state index contributed by atoms with van der Waals surface area (Å²) in [7, 11) is -0.856. The van der Waals surface area contributed by atoms with Gasteiger partial charge < -0.3 is 19.1 Å². The highest BCUT2D eigenvalue weighted by molar-refractivity contribution is 8.28. The maximum absolute atomic E-state index is 12.2. The molecule has 2 N–H and O–H groups in total. The van der Waals surface area contributed by atoms with Crippen molar-refractivity contribution >= 4 is 34.3 Å². The molecule has 0 aromatic heterocycles. The monoisotopic (exact) mass is 546 g/mol.